The van der Waals surface area contributed by atoms with E-state index < -0.39 is 0 Å². The number of carbonyl (C=O) groups excluding carboxylic acids is 1. The van der Waals surface area contributed by atoms with Crippen molar-refractivity contribution >= 4 is 38.5 Å². The van der Waals surface area contributed by atoms with Gasteiger partial charge in [-0.15, -0.1) is 0 Å². The molecule has 1 heterocycles. The molecule has 1 aromatic heterocycles. The lowest BCUT2D eigenvalue weighted by molar-refractivity contribution is -0.115. The number of para-hydroxylation sites is 1. The predicted molar refractivity (Wildman–Crippen MR) is 90.0 cm³/mol. The van der Waals surface area contributed by atoms with Gasteiger partial charge in [0, 0.05) is 9.86 Å². The maximum atomic E-state index is 12.2. The van der Waals surface area contributed by atoms with Gasteiger partial charge in [-0.05, 0) is 59.1 Å². The third kappa shape index (κ3) is 2.90. The number of benzene rings is 2. The van der Waals surface area contributed by atoms with Gasteiger partial charge in [-0.2, -0.15) is 0 Å². The van der Waals surface area contributed by atoms with E-state index in [1.165, 1.54) is 0 Å². The molecule has 0 saturated carbocycles. The highest BCUT2D eigenvalue weighted by Crippen LogP contribution is 2.25. The van der Waals surface area contributed by atoms with Gasteiger partial charge in [0.15, 0.2) is 5.58 Å². The van der Waals surface area contributed by atoms with Crippen LogP contribution in [0.15, 0.2) is 45.4 Å². The van der Waals surface area contributed by atoms with Crippen LogP contribution in [0.3, 0.4) is 0 Å². The highest BCUT2D eigenvalue weighted by Gasteiger charge is 2.15. The van der Waals surface area contributed by atoms with E-state index in [9.17, 15) is 4.79 Å². The first-order valence-electron chi connectivity index (χ1n) is 6.94. The summed E-state index contributed by atoms with van der Waals surface area (Å²) in [4.78, 5) is 12.2. The van der Waals surface area contributed by atoms with Gasteiger partial charge in [-0.3, -0.25) is 4.79 Å². The van der Waals surface area contributed by atoms with Crippen LogP contribution in [-0.4, -0.2) is 11.1 Å². The average molecular weight is 359 g/mol. The van der Waals surface area contributed by atoms with Crippen molar-refractivity contribution < 1.29 is 9.32 Å². The Morgan fingerprint density at radius 1 is 1.27 bits per heavy atom. The van der Waals surface area contributed by atoms with E-state index >= 15 is 0 Å². The average Bonchev–Trinajstić information content (AvgIpc) is 2.84. The van der Waals surface area contributed by atoms with Crippen molar-refractivity contribution in [1.29, 1.82) is 0 Å². The van der Waals surface area contributed by atoms with E-state index in [1.54, 1.807) is 0 Å². The van der Waals surface area contributed by atoms with Crippen LogP contribution >= 0.6 is 15.9 Å². The third-order valence-electron chi connectivity index (χ3n) is 3.46. The predicted octanol–water partition coefficient (Wildman–Crippen LogP) is 4.39. The first-order valence-corrected chi connectivity index (χ1v) is 7.74. The summed E-state index contributed by atoms with van der Waals surface area (Å²) in [6.07, 6.45) is 0.179. The second-order valence-corrected chi connectivity index (χ2v) is 6.14. The molecule has 0 aliphatic heterocycles. The minimum Gasteiger partial charge on any atom is -0.356 e. The molecule has 0 bridgehead atoms. The van der Waals surface area contributed by atoms with Crippen LogP contribution in [0, 0.1) is 13.8 Å². The summed E-state index contributed by atoms with van der Waals surface area (Å²) in [5.74, 6) is -0.123. The van der Waals surface area contributed by atoms with Gasteiger partial charge in [-0.25, -0.2) is 0 Å². The maximum Gasteiger partial charge on any atom is 0.230 e. The normalized spacial score (nSPS) is 10.9. The summed E-state index contributed by atoms with van der Waals surface area (Å²) in [6, 6.07) is 11.5. The highest BCUT2D eigenvalue weighted by atomic mass is 79.9. The van der Waals surface area contributed by atoms with Crippen LogP contribution in [0.2, 0.25) is 0 Å². The molecule has 3 aromatic rings. The van der Waals surface area contributed by atoms with Crippen molar-refractivity contribution in [2.45, 2.75) is 20.3 Å². The fourth-order valence-electron chi connectivity index (χ4n) is 2.55. The van der Waals surface area contributed by atoms with Crippen LogP contribution in [0.25, 0.3) is 11.0 Å². The molecular formula is C17H15BrN2O2. The summed E-state index contributed by atoms with van der Waals surface area (Å²) >= 11 is 3.41. The van der Waals surface area contributed by atoms with Crippen molar-refractivity contribution in [3.63, 3.8) is 0 Å². The lowest BCUT2D eigenvalue weighted by Crippen LogP contribution is -2.15. The van der Waals surface area contributed by atoms with Crippen molar-refractivity contribution in [1.82, 2.24) is 5.16 Å². The number of hydrogen-bond acceptors (Lipinski definition) is 3. The molecule has 22 heavy (non-hydrogen) atoms. The van der Waals surface area contributed by atoms with E-state index in [0.29, 0.717) is 5.69 Å². The number of aromatic nitrogens is 1. The number of nitrogens with zero attached hydrogens (tertiary/aromatic N) is 1. The first kappa shape index (κ1) is 14.8. The summed E-state index contributed by atoms with van der Waals surface area (Å²) in [6.45, 7) is 4.01. The van der Waals surface area contributed by atoms with Crippen LogP contribution in [0.5, 0.6) is 0 Å². The molecule has 1 amide bonds. The smallest absolute Gasteiger partial charge is 0.230 e. The van der Waals surface area contributed by atoms with Gasteiger partial charge in [0.25, 0.3) is 0 Å². The number of hydrogen-bond donors (Lipinski definition) is 1. The number of carbonyl (C=O) groups is 1. The van der Waals surface area contributed by atoms with Crippen molar-refractivity contribution in [3.8, 4) is 0 Å². The Balaban J connectivity index is 1.84. The maximum absolute atomic E-state index is 12.2. The molecule has 0 atom stereocenters. The van der Waals surface area contributed by atoms with Crippen LogP contribution in [-0.2, 0) is 11.2 Å². The van der Waals surface area contributed by atoms with Crippen LogP contribution in [0.4, 0.5) is 5.69 Å². The monoisotopic (exact) mass is 358 g/mol. The molecule has 3 rings (SSSR count). The number of amides is 1. The molecule has 0 radical (unpaired) electrons. The SMILES string of the molecule is Cc1cc(C)c2c(CC(=O)Nc3ccccc3Br)noc2c1. The summed E-state index contributed by atoms with van der Waals surface area (Å²) in [7, 11) is 0. The Labute approximate surface area is 136 Å². The van der Waals surface area contributed by atoms with E-state index in [2.05, 4.69) is 32.5 Å². The zero-order chi connectivity index (χ0) is 15.7. The summed E-state index contributed by atoms with van der Waals surface area (Å²) in [5.41, 5.74) is 4.32. The van der Waals surface area contributed by atoms with E-state index in [4.69, 9.17) is 4.52 Å². The van der Waals surface area contributed by atoms with E-state index in [1.807, 2.05) is 44.2 Å². The Morgan fingerprint density at radius 2 is 2.05 bits per heavy atom. The fourth-order valence-corrected chi connectivity index (χ4v) is 2.93. The lowest BCUT2D eigenvalue weighted by atomic mass is 10.0. The van der Waals surface area contributed by atoms with Gasteiger partial charge in [0.1, 0.15) is 5.69 Å². The molecule has 112 valence electrons. The number of rotatable bonds is 3. The number of fused-ring (bicyclic) bond motifs is 1. The molecule has 0 saturated heterocycles. The van der Waals surface area contributed by atoms with Gasteiger partial charge in [0.05, 0.1) is 12.1 Å². The van der Waals surface area contributed by atoms with E-state index in [-0.39, 0.29) is 12.3 Å². The molecule has 0 aliphatic carbocycles. The zero-order valence-electron chi connectivity index (χ0n) is 12.3. The second kappa shape index (κ2) is 5.93. The molecule has 0 aliphatic rings. The molecule has 2 aromatic carbocycles. The van der Waals surface area contributed by atoms with Crippen LogP contribution in [0.1, 0.15) is 16.8 Å². The topological polar surface area (TPSA) is 55.1 Å². The number of anilines is 1. The van der Waals surface area contributed by atoms with Gasteiger partial charge in [0.2, 0.25) is 5.91 Å². The van der Waals surface area contributed by atoms with Crippen molar-refractivity contribution in [2.24, 2.45) is 0 Å². The van der Waals surface area contributed by atoms with E-state index in [0.717, 1.165) is 32.3 Å². The number of aryl methyl sites for hydroxylation is 2. The zero-order valence-corrected chi connectivity index (χ0v) is 13.9. The largest absolute Gasteiger partial charge is 0.356 e. The summed E-state index contributed by atoms with van der Waals surface area (Å²) < 4.78 is 6.19. The molecule has 0 unspecified atom stereocenters. The molecule has 5 heteroatoms. The standard InChI is InChI=1S/C17H15BrN2O2/c1-10-7-11(2)17-14(20-22-15(17)8-10)9-16(21)19-13-6-4-3-5-12(13)18/h3-8H,9H2,1-2H3,(H,19,21). The highest BCUT2D eigenvalue weighted by molar-refractivity contribution is 9.10. The summed E-state index contributed by atoms with van der Waals surface area (Å²) in [5, 5.41) is 7.85. The molecule has 0 spiro atoms. The fraction of sp³-hybridized carbons (Fsp3) is 0.176. The first-order chi connectivity index (χ1) is 10.5. The quantitative estimate of drug-likeness (QED) is 0.755. The second-order valence-electron chi connectivity index (χ2n) is 5.29. The molecule has 4 nitrogen and oxygen atoms in total. The Hall–Kier alpha value is -2.14. The number of nitrogens with one attached hydrogen (secondary N) is 1. The van der Waals surface area contributed by atoms with Crippen molar-refractivity contribution in [3.05, 3.63) is 57.7 Å². The Bertz CT molecular complexity index is 855. The minimum absolute atomic E-state index is 0.123. The molecular weight excluding hydrogens is 344 g/mol. The molecule has 0 fully saturated rings. The third-order valence-corrected chi connectivity index (χ3v) is 4.15. The van der Waals surface area contributed by atoms with Crippen molar-refractivity contribution in [2.75, 3.05) is 5.32 Å². The Morgan fingerprint density at radius 3 is 2.82 bits per heavy atom. The number of halogens is 1. The van der Waals surface area contributed by atoms with Crippen LogP contribution < -0.4 is 5.32 Å². The van der Waals surface area contributed by atoms with Gasteiger partial charge in [-0.1, -0.05) is 23.4 Å². The Kier molecular flexibility index (Phi) is 3.98. The molecule has 1 N–H and O–H groups in total. The minimum atomic E-state index is -0.123. The lowest BCUT2D eigenvalue weighted by Gasteiger charge is -2.06. The van der Waals surface area contributed by atoms with Gasteiger partial charge < -0.3 is 9.84 Å². The van der Waals surface area contributed by atoms with Gasteiger partial charge >= 0.3 is 0 Å².